The maximum absolute atomic E-state index is 13.0. The lowest BCUT2D eigenvalue weighted by molar-refractivity contribution is 0.146. The lowest BCUT2D eigenvalue weighted by Crippen LogP contribution is -2.05. The number of anilines is 1. The normalized spacial score (nSPS) is 10.8. The number of aliphatic hydroxyl groups excluding tert-OH is 1. The number of hydrogen-bond donors (Lipinski definition) is 2. The first-order valence-electron chi connectivity index (χ1n) is 3.39. The Balaban J connectivity index is 3.23. The Morgan fingerprint density at radius 2 is 2.15 bits per heavy atom. The fourth-order valence-corrected chi connectivity index (χ4v) is 0.843. The van der Waals surface area contributed by atoms with Gasteiger partial charge in [-0.05, 0) is 0 Å². The van der Waals surface area contributed by atoms with Gasteiger partial charge in [0, 0.05) is 11.8 Å². The van der Waals surface area contributed by atoms with Gasteiger partial charge in [0.05, 0.1) is 12.3 Å². The molecule has 0 atom stereocenters. The lowest BCUT2D eigenvalue weighted by Gasteiger charge is -2.06. The predicted molar refractivity (Wildman–Crippen MR) is 39.5 cm³/mol. The molecular weight excluding hydrogens is 185 g/mol. The van der Waals surface area contributed by atoms with E-state index in [0.29, 0.717) is 0 Å². The highest BCUT2D eigenvalue weighted by Crippen LogP contribution is 2.26. The summed E-state index contributed by atoms with van der Waals surface area (Å²) in [4.78, 5) is 3.23. The van der Waals surface area contributed by atoms with Crippen molar-refractivity contribution in [2.75, 3.05) is 5.73 Å². The van der Waals surface area contributed by atoms with Crippen molar-refractivity contribution >= 4 is 5.69 Å². The van der Waals surface area contributed by atoms with Crippen molar-refractivity contribution in [3.8, 4) is 0 Å². The molecule has 0 aliphatic heterocycles. The molecular formula is C7H7F3N2O. The summed E-state index contributed by atoms with van der Waals surface area (Å²) in [6.45, 7) is -0.619. The molecule has 0 amide bonds. The van der Waals surface area contributed by atoms with Crippen molar-refractivity contribution in [1.29, 1.82) is 0 Å². The zero-order valence-electron chi connectivity index (χ0n) is 6.47. The second kappa shape index (κ2) is 3.61. The minimum Gasteiger partial charge on any atom is -0.395 e. The van der Waals surface area contributed by atoms with Crippen molar-refractivity contribution in [1.82, 2.24) is 4.98 Å². The molecule has 13 heavy (non-hydrogen) atoms. The summed E-state index contributed by atoms with van der Waals surface area (Å²) in [6.07, 6.45) is -2.07. The summed E-state index contributed by atoms with van der Waals surface area (Å²) in [5.74, 6) is -1.03. The Kier molecular flexibility index (Phi) is 2.72. The fraction of sp³-hybridized carbons (Fsp3) is 0.286. The van der Waals surface area contributed by atoms with Crippen LogP contribution in [0, 0.1) is 5.82 Å². The number of nitrogen functional groups attached to an aromatic ring is 1. The van der Waals surface area contributed by atoms with Gasteiger partial charge in [0.25, 0.3) is 6.43 Å². The Morgan fingerprint density at radius 3 is 2.62 bits per heavy atom. The average Bonchev–Trinajstić information content (AvgIpc) is 2.09. The number of alkyl halides is 2. The number of aromatic nitrogens is 1. The Bertz CT molecular complexity index is 317. The molecule has 0 bridgehead atoms. The van der Waals surface area contributed by atoms with E-state index in [2.05, 4.69) is 4.98 Å². The zero-order valence-corrected chi connectivity index (χ0v) is 6.47. The molecule has 0 saturated heterocycles. The molecule has 0 saturated carbocycles. The van der Waals surface area contributed by atoms with Gasteiger partial charge in [-0.25, -0.2) is 13.2 Å². The van der Waals surface area contributed by atoms with Gasteiger partial charge >= 0.3 is 0 Å². The van der Waals surface area contributed by atoms with Gasteiger partial charge in [-0.15, -0.1) is 0 Å². The number of hydrogen-bond acceptors (Lipinski definition) is 3. The van der Waals surface area contributed by atoms with E-state index in [1.807, 2.05) is 0 Å². The zero-order chi connectivity index (χ0) is 10.0. The predicted octanol–water partition coefficient (Wildman–Crippen LogP) is 1.23. The minimum absolute atomic E-state index is 0.193. The molecule has 0 unspecified atom stereocenters. The van der Waals surface area contributed by atoms with Crippen LogP contribution >= 0.6 is 0 Å². The lowest BCUT2D eigenvalue weighted by atomic mass is 10.2. The topological polar surface area (TPSA) is 59.1 Å². The molecule has 0 aromatic carbocycles. The molecule has 0 fully saturated rings. The first kappa shape index (κ1) is 9.79. The molecule has 6 heteroatoms. The molecule has 3 N–H and O–H groups in total. The van der Waals surface area contributed by atoms with Gasteiger partial charge in [-0.3, -0.25) is 4.98 Å². The van der Waals surface area contributed by atoms with Crippen LogP contribution in [0.2, 0.25) is 0 Å². The van der Waals surface area contributed by atoms with E-state index in [1.165, 1.54) is 0 Å². The fourth-order valence-electron chi connectivity index (χ4n) is 0.843. The van der Waals surface area contributed by atoms with Crippen molar-refractivity contribution in [2.24, 2.45) is 0 Å². The molecule has 72 valence electrons. The second-order valence-electron chi connectivity index (χ2n) is 2.36. The number of rotatable bonds is 2. The molecule has 1 aromatic rings. The third-order valence-corrected chi connectivity index (χ3v) is 1.53. The summed E-state index contributed by atoms with van der Waals surface area (Å²) in [5.41, 5.74) is 3.34. The van der Waals surface area contributed by atoms with Crippen LogP contribution in [-0.2, 0) is 6.61 Å². The molecule has 1 rings (SSSR count). The third kappa shape index (κ3) is 1.72. The maximum Gasteiger partial charge on any atom is 0.282 e. The second-order valence-corrected chi connectivity index (χ2v) is 2.36. The van der Waals surface area contributed by atoms with Gasteiger partial charge in [-0.1, -0.05) is 0 Å². The molecule has 0 aliphatic rings. The van der Waals surface area contributed by atoms with Crippen LogP contribution < -0.4 is 5.73 Å². The SMILES string of the molecule is Nc1c(C(F)F)ncc(CO)c1F. The molecule has 0 radical (unpaired) electrons. The molecule has 3 nitrogen and oxygen atoms in total. The van der Waals surface area contributed by atoms with Gasteiger partial charge in [0.1, 0.15) is 5.69 Å². The summed E-state index contributed by atoms with van der Waals surface area (Å²) < 4.78 is 37.1. The van der Waals surface area contributed by atoms with E-state index in [9.17, 15) is 13.2 Å². The summed E-state index contributed by atoms with van der Waals surface area (Å²) in [6, 6.07) is 0. The highest BCUT2D eigenvalue weighted by molar-refractivity contribution is 5.47. The van der Waals surface area contributed by atoms with Crippen molar-refractivity contribution in [2.45, 2.75) is 13.0 Å². The molecule has 1 aromatic heterocycles. The minimum atomic E-state index is -2.91. The first-order chi connectivity index (χ1) is 6.07. The number of nitrogens with zero attached hydrogens (tertiary/aromatic N) is 1. The standard InChI is InChI=1S/C7H7F3N2O/c8-4-3(2-13)1-12-6(5(4)11)7(9)10/h1,7,13H,2,11H2. The number of halogens is 3. The van der Waals surface area contributed by atoms with Crippen LogP contribution in [0.5, 0.6) is 0 Å². The van der Waals surface area contributed by atoms with Crippen molar-refractivity contribution < 1.29 is 18.3 Å². The average molecular weight is 192 g/mol. The van der Waals surface area contributed by atoms with Crippen LogP contribution in [0.4, 0.5) is 18.9 Å². The highest BCUT2D eigenvalue weighted by atomic mass is 19.3. The van der Waals surface area contributed by atoms with Crippen LogP contribution in [0.3, 0.4) is 0 Å². The van der Waals surface area contributed by atoms with Crippen LogP contribution in [-0.4, -0.2) is 10.1 Å². The number of aliphatic hydroxyl groups is 1. The van der Waals surface area contributed by atoms with E-state index < -0.39 is 30.2 Å². The molecule has 0 aliphatic carbocycles. The van der Waals surface area contributed by atoms with Gasteiger partial charge in [0.15, 0.2) is 5.82 Å². The van der Waals surface area contributed by atoms with E-state index in [-0.39, 0.29) is 5.56 Å². The van der Waals surface area contributed by atoms with Gasteiger partial charge < -0.3 is 10.8 Å². The monoisotopic (exact) mass is 192 g/mol. The Hall–Kier alpha value is -1.30. The van der Waals surface area contributed by atoms with Crippen LogP contribution in [0.15, 0.2) is 6.20 Å². The maximum atomic E-state index is 13.0. The van der Waals surface area contributed by atoms with E-state index in [0.717, 1.165) is 6.20 Å². The van der Waals surface area contributed by atoms with Crippen LogP contribution in [0.1, 0.15) is 17.7 Å². The molecule has 0 spiro atoms. The largest absolute Gasteiger partial charge is 0.395 e. The summed E-state index contributed by atoms with van der Waals surface area (Å²) in [5, 5.41) is 8.55. The van der Waals surface area contributed by atoms with E-state index in [1.54, 1.807) is 0 Å². The quantitative estimate of drug-likeness (QED) is 0.740. The van der Waals surface area contributed by atoms with Gasteiger partial charge in [0.2, 0.25) is 0 Å². The highest BCUT2D eigenvalue weighted by Gasteiger charge is 2.18. The third-order valence-electron chi connectivity index (χ3n) is 1.53. The summed E-state index contributed by atoms with van der Waals surface area (Å²) in [7, 11) is 0. The van der Waals surface area contributed by atoms with Crippen LogP contribution in [0.25, 0.3) is 0 Å². The van der Waals surface area contributed by atoms with Crippen molar-refractivity contribution in [3.05, 3.63) is 23.3 Å². The van der Waals surface area contributed by atoms with Gasteiger partial charge in [-0.2, -0.15) is 0 Å². The number of nitrogens with two attached hydrogens (primary N) is 1. The Morgan fingerprint density at radius 1 is 1.54 bits per heavy atom. The number of pyridine rings is 1. The molecule has 1 heterocycles. The summed E-state index contributed by atoms with van der Waals surface area (Å²) >= 11 is 0. The van der Waals surface area contributed by atoms with E-state index >= 15 is 0 Å². The smallest absolute Gasteiger partial charge is 0.282 e. The Labute approximate surface area is 72.0 Å². The van der Waals surface area contributed by atoms with E-state index in [4.69, 9.17) is 10.8 Å². The first-order valence-corrected chi connectivity index (χ1v) is 3.39. The van der Waals surface area contributed by atoms with Crippen molar-refractivity contribution in [3.63, 3.8) is 0 Å².